The van der Waals surface area contributed by atoms with Gasteiger partial charge in [-0.3, -0.25) is 4.79 Å². The number of aromatic amines is 1. The van der Waals surface area contributed by atoms with Crippen molar-refractivity contribution in [2.45, 2.75) is 13.5 Å². The number of hydrogen-bond acceptors (Lipinski definition) is 4. The minimum absolute atomic E-state index is 0.123. The van der Waals surface area contributed by atoms with Gasteiger partial charge >= 0.3 is 0 Å². The molecule has 0 bridgehead atoms. The molecule has 2 N–H and O–H groups in total. The van der Waals surface area contributed by atoms with Crippen LogP contribution in [0.25, 0.3) is 37.9 Å². The van der Waals surface area contributed by atoms with Gasteiger partial charge < -0.3 is 14.9 Å². The number of nitrogens with one attached hydrogen (secondary N) is 2. The summed E-state index contributed by atoms with van der Waals surface area (Å²) < 4.78 is 31.1. The van der Waals surface area contributed by atoms with Gasteiger partial charge in [-0.1, -0.05) is 12.6 Å². The average molecular weight is 463 g/mol. The molecule has 0 radical (unpaired) electrons. The van der Waals surface area contributed by atoms with E-state index in [4.69, 9.17) is 4.98 Å². The van der Waals surface area contributed by atoms with Crippen LogP contribution in [0.4, 0.5) is 8.78 Å². The summed E-state index contributed by atoms with van der Waals surface area (Å²) in [5.41, 5.74) is 3.96. The minimum atomic E-state index is -0.637. The average Bonchev–Trinajstić information content (AvgIpc) is 3.32. The molecule has 166 valence electrons. The van der Waals surface area contributed by atoms with Crippen LogP contribution in [0.2, 0.25) is 0 Å². The van der Waals surface area contributed by atoms with Gasteiger partial charge in [-0.2, -0.15) is 0 Å². The molecule has 0 unspecified atom stereocenters. The number of H-pyrrole nitrogens is 1. The fourth-order valence-electron chi connectivity index (χ4n) is 4.24. The Morgan fingerprint density at radius 3 is 2.79 bits per heavy atom. The zero-order chi connectivity index (χ0) is 23.3. The molecule has 3 aromatic heterocycles. The highest BCUT2D eigenvalue weighted by Crippen LogP contribution is 2.41. The van der Waals surface area contributed by atoms with E-state index in [1.54, 1.807) is 36.7 Å². The lowest BCUT2D eigenvalue weighted by atomic mass is 10.0. The molecule has 0 amide bonds. The highest BCUT2D eigenvalue weighted by atomic mass is 32.1. The quantitative estimate of drug-likeness (QED) is 0.366. The van der Waals surface area contributed by atoms with Gasteiger partial charge in [0.2, 0.25) is 0 Å². The first kappa shape index (κ1) is 21.1. The van der Waals surface area contributed by atoms with Gasteiger partial charge in [0.05, 0.1) is 38.7 Å². The molecule has 0 fully saturated rings. The number of aryl methyl sites for hydroxylation is 1. The molecule has 5 nitrogen and oxygen atoms in total. The van der Waals surface area contributed by atoms with Crippen LogP contribution in [0, 0.1) is 18.6 Å². The van der Waals surface area contributed by atoms with E-state index in [0.717, 1.165) is 32.2 Å². The molecular weight excluding hydrogens is 442 g/mol. The molecular formula is C25H20F2N4OS. The number of rotatable bonds is 5. The summed E-state index contributed by atoms with van der Waals surface area (Å²) in [5, 5.41) is 4.77. The van der Waals surface area contributed by atoms with Gasteiger partial charge in [0, 0.05) is 41.4 Å². The molecule has 0 saturated heterocycles. The van der Waals surface area contributed by atoms with Crippen LogP contribution in [0.3, 0.4) is 0 Å². The Morgan fingerprint density at radius 2 is 2.06 bits per heavy atom. The first-order chi connectivity index (χ1) is 15.9. The Kier molecular flexibility index (Phi) is 5.09. The van der Waals surface area contributed by atoms with Crippen molar-refractivity contribution in [1.29, 1.82) is 0 Å². The highest BCUT2D eigenvalue weighted by molar-refractivity contribution is 7.18. The van der Waals surface area contributed by atoms with E-state index >= 15 is 0 Å². The van der Waals surface area contributed by atoms with Gasteiger partial charge in [-0.05, 0) is 37.3 Å². The third-order valence-corrected chi connectivity index (χ3v) is 6.65. The van der Waals surface area contributed by atoms with Crippen LogP contribution in [0.1, 0.15) is 16.3 Å². The number of aromatic nitrogens is 3. The second-order valence-electron chi connectivity index (χ2n) is 7.73. The maximum atomic E-state index is 14.6. The SMILES string of the molecule is C=C(NC)c1c(-c2ccc[nH]c2=O)c2c3nc(C)sc3ccc2n1Cc1ccc(F)cc1F. The zero-order valence-electron chi connectivity index (χ0n) is 18.0. The number of pyridine rings is 1. The minimum Gasteiger partial charge on any atom is -0.387 e. The summed E-state index contributed by atoms with van der Waals surface area (Å²) in [4.78, 5) is 20.4. The molecule has 0 aliphatic carbocycles. The van der Waals surface area contributed by atoms with Gasteiger partial charge in [-0.25, -0.2) is 13.8 Å². The molecule has 5 rings (SSSR count). The van der Waals surface area contributed by atoms with Crippen LogP contribution >= 0.6 is 11.3 Å². The Morgan fingerprint density at radius 1 is 1.24 bits per heavy atom. The highest BCUT2D eigenvalue weighted by Gasteiger charge is 2.25. The van der Waals surface area contributed by atoms with Crippen LogP contribution in [0.5, 0.6) is 0 Å². The van der Waals surface area contributed by atoms with Crippen molar-refractivity contribution >= 4 is 38.2 Å². The van der Waals surface area contributed by atoms with E-state index < -0.39 is 11.6 Å². The number of hydrogen-bond donors (Lipinski definition) is 2. The third kappa shape index (κ3) is 3.43. The Bertz CT molecular complexity index is 1610. The van der Waals surface area contributed by atoms with Crippen LogP contribution < -0.4 is 10.9 Å². The second kappa shape index (κ2) is 7.97. The molecule has 3 heterocycles. The predicted octanol–water partition coefficient (Wildman–Crippen LogP) is 5.43. The molecule has 2 aromatic carbocycles. The van der Waals surface area contributed by atoms with Crippen molar-refractivity contribution in [1.82, 2.24) is 19.9 Å². The Balaban J connectivity index is 1.94. The molecule has 0 aliphatic rings. The topological polar surface area (TPSA) is 62.7 Å². The molecule has 0 spiro atoms. The summed E-state index contributed by atoms with van der Waals surface area (Å²) >= 11 is 1.57. The lowest BCUT2D eigenvalue weighted by molar-refractivity contribution is 0.567. The lowest BCUT2D eigenvalue weighted by Gasteiger charge is -2.15. The number of fused-ring (bicyclic) bond motifs is 3. The molecule has 0 aliphatic heterocycles. The van der Waals surface area contributed by atoms with Crippen LogP contribution in [-0.2, 0) is 6.54 Å². The molecule has 8 heteroatoms. The second-order valence-corrected chi connectivity index (χ2v) is 8.96. The van der Waals surface area contributed by atoms with E-state index in [2.05, 4.69) is 16.9 Å². The first-order valence-electron chi connectivity index (χ1n) is 10.3. The van der Waals surface area contributed by atoms with Crippen molar-refractivity contribution in [3.05, 3.63) is 93.5 Å². The number of nitrogens with zero attached hydrogens (tertiary/aromatic N) is 2. The van der Waals surface area contributed by atoms with Crippen molar-refractivity contribution in [3.8, 4) is 11.1 Å². The van der Waals surface area contributed by atoms with Crippen molar-refractivity contribution in [3.63, 3.8) is 0 Å². The number of benzene rings is 2. The summed E-state index contributed by atoms with van der Waals surface area (Å²) in [6.07, 6.45) is 1.58. The molecule has 33 heavy (non-hydrogen) atoms. The molecule has 5 aromatic rings. The lowest BCUT2D eigenvalue weighted by Crippen LogP contribution is -2.14. The third-order valence-electron chi connectivity index (χ3n) is 5.71. The Hall–Kier alpha value is -3.78. The Labute approximate surface area is 192 Å². The first-order valence-corrected chi connectivity index (χ1v) is 11.1. The summed E-state index contributed by atoms with van der Waals surface area (Å²) in [6, 6.07) is 11.0. The molecule has 0 saturated carbocycles. The fraction of sp³-hybridized carbons (Fsp3) is 0.120. The number of halogens is 2. The zero-order valence-corrected chi connectivity index (χ0v) is 18.8. The summed E-state index contributed by atoms with van der Waals surface area (Å²) in [5.74, 6) is -1.27. The van der Waals surface area contributed by atoms with Crippen LogP contribution in [0.15, 0.2) is 60.0 Å². The monoisotopic (exact) mass is 462 g/mol. The number of thiazole rings is 1. The van der Waals surface area contributed by atoms with Gasteiger partial charge in [0.1, 0.15) is 11.6 Å². The van der Waals surface area contributed by atoms with Crippen LogP contribution in [-0.4, -0.2) is 21.6 Å². The summed E-state index contributed by atoms with van der Waals surface area (Å²) in [7, 11) is 1.74. The predicted molar refractivity (Wildman–Crippen MR) is 129 cm³/mol. The van der Waals surface area contributed by atoms with Crippen molar-refractivity contribution in [2.24, 2.45) is 0 Å². The van der Waals surface area contributed by atoms with Gasteiger partial charge in [0.15, 0.2) is 0 Å². The van der Waals surface area contributed by atoms with Crippen molar-refractivity contribution in [2.75, 3.05) is 7.05 Å². The van der Waals surface area contributed by atoms with E-state index in [0.29, 0.717) is 28.1 Å². The maximum absolute atomic E-state index is 14.6. The van der Waals surface area contributed by atoms with E-state index in [-0.39, 0.29) is 12.1 Å². The van der Waals surface area contributed by atoms with Gasteiger partial charge in [0.25, 0.3) is 5.56 Å². The fourth-order valence-corrected chi connectivity index (χ4v) is 5.07. The van der Waals surface area contributed by atoms with Crippen molar-refractivity contribution < 1.29 is 8.78 Å². The van der Waals surface area contributed by atoms with E-state index in [9.17, 15) is 13.6 Å². The smallest absolute Gasteiger partial charge is 0.255 e. The van der Waals surface area contributed by atoms with E-state index in [1.807, 2.05) is 23.6 Å². The molecule has 0 atom stereocenters. The summed E-state index contributed by atoms with van der Waals surface area (Å²) in [6.45, 7) is 6.22. The standard InChI is InChI=1S/C25H20F2N4OS/c1-13(28-3)24-21(17-5-4-10-29-25(17)32)22-19(8-9-20-23(22)30-14(2)33-20)31(24)12-15-6-7-16(26)11-18(15)27/h4-11,28H,1,12H2,2-3H3,(H,29,32). The maximum Gasteiger partial charge on any atom is 0.255 e. The largest absolute Gasteiger partial charge is 0.387 e. The normalized spacial score (nSPS) is 11.4. The van der Waals surface area contributed by atoms with E-state index in [1.165, 1.54) is 12.1 Å². The van der Waals surface area contributed by atoms with Gasteiger partial charge in [-0.15, -0.1) is 11.3 Å².